The Bertz CT molecular complexity index is 1190. The second-order valence-corrected chi connectivity index (χ2v) is 9.00. The van der Waals surface area contributed by atoms with Crippen molar-refractivity contribution in [1.29, 1.82) is 0 Å². The molecule has 2 unspecified atom stereocenters. The summed E-state index contributed by atoms with van der Waals surface area (Å²) in [4.78, 5) is 0. The number of ether oxygens (including phenoxy) is 4. The maximum Gasteiger partial charge on any atom is 0.202 e. The van der Waals surface area contributed by atoms with Crippen molar-refractivity contribution in [3.05, 3.63) is 131 Å². The second kappa shape index (κ2) is 9.57. The largest absolute Gasteiger partial charge is 0.491 e. The van der Waals surface area contributed by atoms with Crippen LogP contribution in [-0.2, 0) is 14.9 Å². The molecule has 0 saturated carbocycles. The van der Waals surface area contributed by atoms with E-state index in [4.69, 9.17) is 18.9 Å². The molecule has 0 N–H and O–H groups in total. The van der Waals surface area contributed by atoms with Crippen LogP contribution < -0.4 is 9.47 Å². The first kappa shape index (κ1) is 21.9. The summed E-state index contributed by atoms with van der Waals surface area (Å²) < 4.78 is 22.6. The van der Waals surface area contributed by atoms with E-state index in [-0.39, 0.29) is 12.4 Å². The molecule has 4 aromatic carbocycles. The summed E-state index contributed by atoms with van der Waals surface area (Å²) in [5, 5.41) is 0. The van der Waals surface area contributed by atoms with Crippen LogP contribution >= 0.6 is 0 Å². The Hall–Kier alpha value is -3.60. The van der Waals surface area contributed by atoms with E-state index in [1.165, 1.54) is 16.7 Å². The number of rotatable bonds is 9. The molecule has 4 nitrogen and oxygen atoms in total. The summed E-state index contributed by atoms with van der Waals surface area (Å²) >= 11 is 0. The lowest BCUT2D eigenvalue weighted by Crippen LogP contribution is -2.32. The highest BCUT2D eigenvalue weighted by atomic mass is 16.7. The van der Waals surface area contributed by atoms with Crippen LogP contribution in [0.5, 0.6) is 11.5 Å². The molecule has 0 aliphatic carbocycles. The third-order valence-corrected chi connectivity index (χ3v) is 6.75. The van der Waals surface area contributed by atoms with Gasteiger partial charge in [0.1, 0.15) is 24.2 Å². The minimum absolute atomic E-state index is 0.137. The van der Waals surface area contributed by atoms with Gasteiger partial charge in [0.15, 0.2) is 0 Å². The molecule has 2 fully saturated rings. The summed E-state index contributed by atoms with van der Waals surface area (Å²) in [6.07, 6.45) is 1.02. The van der Waals surface area contributed by atoms with Crippen LogP contribution in [0.1, 0.15) is 28.7 Å². The van der Waals surface area contributed by atoms with E-state index in [1.807, 2.05) is 12.1 Å². The van der Waals surface area contributed by atoms with Gasteiger partial charge in [0.25, 0.3) is 0 Å². The molecule has 2 heterocycles. The molecule has 0 radical (unpaired) electrons. The smallest absolute Gasteiger partial charge is 0.202 e. The Balaban J connectivity index is 1.46. The zero-order valence-electron chi connectivity index (χ0n) is 19.5. The quantitative estimate of drug-likeness (QED) is 0.226. The third kappa shape index (κ3) is 4.43. The zero-order valence-corrected chi connectivity index (χ0v) is 19.5. The van der Waals surface area contributed by atoms with E-state index in [0.29, 0.717) is 6.61 Å². The Labute approximate surface area is 206 Å². The van der Waals surface area contributed by atoms with Gasteiger partial charge in [-0.05, 0) is 46.5 Å². The van der Waals surface area contributed by atoms with Gasteiger partial charge in [-0.1, -0.05) is 84.9 Å². The van der Waals surface area contributed by atoms with Crippen LogP contribution in [0.3, 0.4) is 0 Å². The summed E-state index contributed by atoms with van der Waals surface area (Å²) in [6, 6.07) is 38.2. The van der Waals surface area contributed by atoms with Crippen LogP contribution in [0.2, 0.25) is 0 Å². The van der Waals surface area contributed by atoms with Crippen LogP contribution in [0.4, 0.5) is 0 Å². The normalized spacial score (nSPS) is 19.0. The number of hydrogen-bond acceptors (Lipinski definition) is 4. The third-order valence-electron chi connectivity index (χ3n) is 6.75. The van der Waals surface area contributed by atoms with Gasteiger partial charge >= 0.3 is 0 Å². The van der Waals surface area contributed by atoms with Gasteiger partial charge in [0, 0.05) is 6.42 Å². The fraction of sp³-hybridized carbons (Fsp3) is 0.226. The summed E-state index contributed by atoms with van der Waals surface area (Å²) in [6.45, 7) is 2.14. The predicted molar refractivity (Wildman–Crippen MR) is 135 cm³/mol. The molecular formula is C31H28O4. The number of benzene rings is 4. The molecule has 0 spiro atoms. The minimum atomic E-state index is -0.508. The van der Waals surface area contributed by atoms with E-state index >= 15 is 0 Å². The van der Waals surface area contributed by atoms with Crippen LogP contribution in [0.25, 0.3) is 0 Å². The van der Waals surface area contributed by atoms with E-state index in [0.717, 1.165) is 36.7 Å². The average Bonchev–Trinajstić information content (AvgIpc) is 3.73. The number of epoxide rings is 1. The van der Waals surface area contributed by atoms with Gasteiger partial charge in [-0.15, -0.1) is 0 Å². The van der Waals surface area contributed by atoms with Gasteiger partial charge in [0.05, 0.1) is 18.6 Å². The van der Waals surface area contributed by atoms with Crippen LogP contribution in [0, 0.1) is 0 Å². The van der Waals surface area contributed by atoms with Crippen molar-refractivity contribution in [2.75, 3.05) is 19.8 Å². The molecular weight excluding hydrogens is 436 g/mol. The lowest BCUT2D eigenvalue weighted by molar-refractivity contribution is -0.165. The van der Waals surface area contributed by atoms with Crippen molar-refractivity contribution in [3.63, 3.8) is 0 Å². The van der Waals surface area contributed by atoms with Gasteiger partial charge in [-0.3, -0.25) is 0 Å². The summed E-state index contributed by atoms with van der Waals surface area (Å²) in [5.41, 5.74) is 4.22. The topological polar surface area (TPSA) is 40.2 Å². The Morgan fingerprint density at radius 2 is 1.11 bits per heavy atom. The van der Waals surface area contributed by atoms with Crippen molar-refractivity contribution >= 4 is 0 Å². The first-order valence-electron chi connectivity index (χ1n) is 12.2. The SMILES string of the molecule is c1ccc(C(c2ccccc2)(c2ccc(OCC3CO3)cc2)c2ccc(OC3CCO3)cc2)cc1. The average molecular weight is 465 g/mol. The van der Waals surface area contributed by atoms with Crippen molar-refractivity contribution in [2.45, 2.75) is 24.2 Å². The maximum absolute atomic E-state index is 5.95. The fourth-order valence-corrected chi connectivity index (χ4v) is 4.77. The molecule has 2 atom stereocenters. The molecule has 6 rings (SSSR count). The lowest BCUT2D eigenvalue weighted by atomic mass is 9.65. The van der Waals surface area contributed by atoms with E-state index in [2.05, 4.69) is 97.1 Å². The fourth-order valence-electron chi connectivity index (χ4n) is 4.77. The molecule has 2 saturated heterocycles. The standard InChI is InChI=1S/C31H28O4/c1-3-7-23(8-4-1)31(24-9-5-2-6-10-24,25-11-15-27(16-12-25)33-21-29-22-34-29)26-13-17-28(18-14-26)35-30-19-20-32-30/h1-18,29-30H,19-22H2. The van der Waals surface area contributed by atoms with Crippen molar-refractivity contribution in [3.8, 4) is 11.5 Å². The molecule has 0 aromatic heterocycles. The molecule has 2 aliphatic heterocycles. The molecule has 35 heavy (non-hydrogen) atoms. The Morgan fingerprint density at radius 1 is 0.629 bits per heavy atom. The van der Waals surface area contributed by atoms with E-state index in [9.17, 15) is 0 Å². The van der Waals surface area contributed by atoms with Gasteiger partial charge < -0.3 is 18.9 Å². The zero-order chi connectivity index (χ0) is 23.5. The second-order valence-electron chi connectivity index (χ2n) is 9.00. The molecule has 4 heteroatoms. The van der Waals surface area contributed by atoms with Crippen molar-refractivity contribution in [2.24, 2.45) is 0 Å². The van der Waals surface area contributed by atoms with Gasteiger partial charge in [0.2, 0.25) is 6.29 Å². The first-order chi connectivity index (χ1) is 17.3. The number of hydrogen-bond donors (Lipinski definition) is 0. The monoisotopic (exact) mass is 464 g/mol. The highest BCUT2D eigenvalue weighted by Gasteiger charge is 2.38. The molecule has 0 bridgehead atoms. The Morgan fingerprint density at radius 3 is 1.57 bits per heavy atom. The summed E-state index contributed by atoms with van der Waals surface area (Å²) in [5.74, 6) is 1.67. The van der Waals surface area contributed by atoms with Crippen LogP contribution in [-0.4, -0.2) is 32.2 Å². The highest BCUT2D eigenvalue weighted by Crippen LogP contribution is 2.45. The summed E-state index contributed by atoms with van der Waals surface area (Å²) in [7, 11) is 0. The van der Waals surface area contributed by atoms with E-state index in [1.54, 1.807) is 0 Å². The first-order valence-corrected chi connectivity index (χ1v) is 12.2. The van der Waals surface area contributed by atoms with Gasteiger partial charge in [-0.25, -0.2) is 0 Å². The maximum atomic E-state index is 5.95. The van der Waals surface area contributed by atoms with E-state index < -0.39 is 5.41 Å². The molecule has 2 aliphatic rings. The molecule has 0 amide bonds. The van der Waals surface area contributed by atoms with Gasteiger partial charge in [-0.2, -0.15) is 0 Å². The molecule has 176 valence electrons. The Kier molecular flexibility index (Phi) is 5.99. The lowest BCUT2D eigenvalue weighted by Gasteiger charge is -2.37. The minimum Gasteiger partial charge on any atom is -0.491 e. The predicted octanol–water partition coefficient (Wildman–Crippen LogP) is 5.97. The van der Waals surface area contributed by atoms with Crippen molar-refractivity contribution in [1.82, 2.24) is 0 Å². The van der Waals surface area contributed by atoms with Crippen LogP contribution in [0.15, 0.2) is 109 Å². The highest BCUT2D eigenvalue weighted by molar-refractivity contribution is 5.60. The molecule has 4 aromatic rings. The van der Waals surface area contributed by atoms with Crippen molar-refractivity contribution < 1.29 is 18.9 Å².